The van der Waals surface area contributed by atoms with Gasteiger partial charge >= 0.3 is 0 Å². The van der Waals surface area contributed by atoms with Crippen LogP contribution in [0.1, 0.15) is 25.3 Å². The van der Waals surface area contributed by atoms with Crippen molar-refractivity contribution < 1.29 is 12.8 Å². The van der Waals surface area contributed by atoms with Crippen molar-refractivity contribution in [1.29, 1.82) is 0 Å². The molecular weight excluding hydrogens is 279 g/mol. The largest absolute Gasteiger partial charge is 0.313 e. The molecule has 0 aromatic heterocycles. The van der Waals surface area contributed by atoms with Gasteiger partial charge in [0.2, 0.25) is 10.0 Å². The number of rotatable bonds is 7. The summed E-state index contributed by atoms with van der Waals surface area (Å²) in [6.07, 6.45) is 2.12. The highest BCUT2D eigenvalue weighted by Crippen LogP contribution is 2.31. The quantitative estimate of drug-likeness (QED) is 0.837. The molecule has 0 saturated heterocycles. The lowest BCUT2D eigenvalue weighted by atomic mass is 10.2. The summed E-state index contributed by atoms with van der Waals surface area (Å²) >= 11 is 0. The van der Waals surface area contributed by atoms with Crippen LogP contribution in [0.15, 0.2) is 23.1 Å². The number of nitrogens with one attached hydrogen (secondary N) is 1. The maximum atomic E-state index is 14.1. The van der Waals surface area contributed by atoms with Gasteiger partial charge in [-0.1, -0.05) is 13.0 Å². The molecule has 1 aromatic carbocycles. The first-order valence-electron chi connectivity index (χ1n) is 6.90. The third-order valence-electron chi connectivity index (χ3n) is 3.48. The highest BCUT2D eigenvalue weighted by molar-refractivity contribution is 7.89. The van der Waals surface area contributed by atoms with Crippen LogP contribution in [0, 0.1) is 11.7 Å². The fourth-order valence-electron chi connectivity index (χ4n) is 2.06. The minimum atomic E-state index is -3.72. The van der Waals surface area contributed by atoms with Gasteiger partial charge in [0, 0.05) is 20.1 Å². The van der Waals surface area contributed by atoms with Gasteiger partial charge in [0.1, 0.15) is 10.7 Å². The van der Waals surface area contributed by atoms with Crippen LogP contribution < -0.4 is 5.32 Å². The van der Waals surface area contributed by atoms with E-state index in [-0.39, 0.29) is 4.90 Å². The van der Waals surface area contributed by atoms with Gasteiger partial charge in [0.15, 0.2) is 0 Å². The summed E-state index contributed by atoms with van der Waals surface area (Å²) in [4.78, 5) is -0.235. The molecule has 1 saturated carbocycles. The smallest absolute Gasteiger partial charge is 0.245 e. The third kappa shape index (κ3) is 3.56. The van der Waals surface area contributed by atoms with E-state index in [0.717, 1.165) is 24.9 Å². The number of halogens is 1. The monoisotopic (exact) mass is 300 g/mol. The Morgan fingerprint density at radius 3 is 2.65 bits per heavy atom. The van der Waals surface area contributed by atoms with E-state index in [1.54, 1.807) is 6.07 Å². The summed E-state index contributed by atoms with van der Waals surface area (Å²) in [5.41, 5.74) is 0.744. The predicted molar refractivity (Wildman–Crippen MR) is 76.3 cm³/mol. The second-order valence-corrected chi connectivity index (χ2v) is 7.29. The van der Waals surface area contributed by atoms with Crippen molar-refractivity contribution in [2.45, 2.75) is 31.2 Å². The Hall–Kier alpha value is -0.980. The molecule has 2 rings (SSSR count). The zero-order valence-corrected chi connectivity index (χ0v) is 12.7. The van der Waals surface area contributed by atoms with Crippen molar-refractivity contribution in [3.05, 3.63) is 29.6 Å². The fraction of sp³-hybridized carbons (Fsp3) is 0.571. The number of benzene rings is 1. The molecule has 0 bridgehead atoms. The molecule has 1 aliphatic rings. The zero-order valence-electron chi connectivity index (χ0n) is 11.9. The standard InChI is InChI=1S/C14H21FN2O2S/c1-3-16-9-12-6-7-14(13(15)8-12)20(18,19)17(2)10-11-4-5-11/h6-8,11,16H,3-5,9-10H2,1-2H3. The normalized spacial score (nSPS) is 15.8. The molecule has 6 heteroatoms. The van der Waals surface area contributed by atoms with Crippen molar-refractivity contribution in [2.75, 3.05) is 20.1 Å². The van der Waals surface area contributed by atoms with Crippen LogP contribution in [0.3, 0.4) is 0 Å². The fourth-order valence-corrected chi connectivity index (χ4v) is 3.35. The Morgan fingerprint density at radius 1 is 1.40 bits per heavy atom. The number of sulfonamides is 1. The lowest BCUT2D eigenvalue weighted by molar-refractivity contribution is 0.447. The lowest BCUT2D eigenvalue weighted by Crippen LogP contribution is -2.29. The van der Waals surface area contributed by atoms with Crippen LogP contribution >= 0.6 is 0 Å². The van der Waals surface area contributed by atoms with E-state index >= 15 is 0 Å². The molecule has 0 radical (unpaired) electrons. The maximum Gasteiger partial charge on any atom is 0.245 e. The second kappa shape index (κ2) is 6.20. The molecule has 1 aliphatic carbocycles. The first-order chi connectivity index (χ1) is 9.45. The van der Waals surface area contributed by atoms with Gasteiger partial charge in [-0.25, -0.2) is 17.1 Å². The second-order valence-electron chi connectivity index (χ2n) is 5.27. The molecule has 0 amide bonds. The molecule has 4 nitrogen and oxygen atoms in total. The Bertz CT molecular complexity index is 571. The Kier molecular flexibility index (Phi) is 4.78. The minimum Gasteiger partial charge on any atom is -0.313 e. The van der Waals surface area contributed by atoms with Crippen molar-refractivity contribution in [3.8, 4) is 0 Å². The topological polar surface area (TPSA) is 49.4 Å². The Morgan fingerprint density at radius 2 is 2.10 bits per heavy atom. The zero-order chi connectivity index (χ0) is 14.8. The summed E-state index contributed by atoms with van der Waals surface area (Å²) in [6.45, 7) is 3.75. The minimum absolute atomic E-state index is 0.235. The van der Waals surface area contributed by atoms with E-state index in [1.165, 1.54) is 23.5 Å². The summed E-state index contributed by atoms with van der Waals surface area (Å²) in [7, 11) is -2.21. The van der Waals surface area contributed by atoms with Crippen LogP contribution in [0.25, 0.3) is 0 Å². The van der Waals surface area contributed by atoms with Crippen LogP contribution in [-0.4, -0.2) is 32.9 Å². The summed E-state index contributed by atoms with van der Waals surface area (Å²) < 4.78 is 39.9. The first-order valence-corrected chi connectivity index (χ1v) is 8.34. The average Bonchev–Trinajstić information content (AvgIpc) is 3.20. The SMILES string of the molecule is CCNCc1ccc(S(=O)(=O)N(C)CC2CC2)c(F)c1. The van der Waals surface area contributed by atoms with Gasteiger partial charge in [-0.15, -0.1) is 0 Å². The van der Waals surface area contributed by atoms with Crippen LogP contribution in [0.4, 0.5) is 4.39 Å². The molecular formula is C14H21FN2O2S. The van der Waals surface area contributed by atoms with Crippen molar-refractivity contribution in [1.82, 2.24) is 9.62 Å². The average molecular weight is 300 g/mol. The molecule has 1 N–H and O–H groups in total. The third-order valence-corrected chi connectivity index (χ3v) is 5.33. The van der Waals surface area contributed by atoms with Gasteiger partial charge in [-0.3, -0.25) is 0 Å². The van der Waals surface area contributed by atoms with E-state index in [9.17, 15) is 12.8 Å². The Labute approximate surface area is 120 Å². The highest BCUT2D eigenvalue weighted by atomic mass is 32.2. The van der Waals surface area contributed by atoms with Gasteiger partial charge in [-0.2, -0.15) is 0 Å². The first kappa shape index (κ1) is 15.4. The summed E-state index contributed by atoms with van der Waals surface area (Å²) in [5, 5.41) is 3.08. The van der Waals surface area contributed by atoms with E-state index in [4.69, 9.17) is 0 Å². The molecule has 0 atom stereocenters. The molecule has 20 heavy (non-hydrogen) atoms. The van der Waals surface area contributed by atoms with Crippen LogP contribution in [0.2, 0.25) is 0 Å². The van der Waals surface area contributed by atoms with Crippen molar-refractivity contribution >= 4 is 10.0 Å². The van der Waals surface area contributed by atoms with Crippen LogP contribution in [0.5, 0.6) is 0 Å². The van der Waals surface area contributed by atoms with Gasteiger partial charge < -0.3 is 5.32 Å². The van der Waals surface area contributed by atoms with E-state index in [0.29, 0.717) is 19.0 Å². The van der Waals surface area contributed by atoms with E-state index < -0.39 is 15.8 Å². The molecule has 0 unspecified atom stereocenters. The van der Waals surface area contributed by atoms with Gasteiger partial charge in [0.25, 0.3) is 0 Å². The van der Waals surface area contributed by atoms with Gasteiger partial charge in [-0.05, 0) is 43.0 Å². The number of hydrogen-bond donors (Lipinski definition) is 1. The molecule has 1 fully saturated rings. The summed E-state index contributed by atoms with van der Waals surface area (Å²) in [6, 6.07) is 4.31. The number of hydrogen-bond acceptors (Lipinski definition) is 3. The Balaban J connectivity index is 2.17. The number of nitrogens with zero attached hydrogens (tertiary/aromatic N) is 1. The maximum absolute atomic E-state index is 14.1. The summed E-state index contributed by atoms with van der Waals surface area (Å²) in [5.74, 6) is -0.242. The molecule has 0 heterocycles. The van der Waals surface area contributed by atoms with E-state index in [1.807, 2.05) is 6.92 Å². The molecule has 112 valence electrons. The van der Waals surface area contributed by atoms with Gasteiger partial charge in [0.05, 0.1) is 0 Å². The van der Waals surface area contributed by atoms with Crippen molar-refractivity contribution in [2.24, 2.45) is 5.92 Å². The highest BCUT2D eigenvalue weighted by Gasteiger charge is 2.30. The predicted octanol–water partition coefficient (Wildman–Crippen LogP) is 1.97. The van der Waals surface area contributed by atoms with E-state index in [2.05, 4.69) is 5.32 Å². The lowest BCUT2D eigenvalue weighted by Gasteiger charge is -2.17. The van der Waals surface area contributed by atoms with Crippen molar-refractivity contribution in [3.63, 3.8) is 0 Å². The molecule has 0 spiro atoms. The molecule has 0 aliphatic heterocycles. The van der Waals surface area contributed by atoms with Crippen LogP contribution in [-0.2, 0) is 16.6 Å². The molecule has 1 aromatic rings.